The van der Waals surface area contributed by atoms with Crippen molar-refractivity contribution in [3.05, 3.63) is 60.0 Å². The zero-order valence-electron chi connectivity index (χ0n) is 17.0. The molecule has 1 amide bonds. The van der Waals surface area contributed by atoms with E-state index in [1.54, 1.807) is 0 Å². The first kappa shape index (κ1) is 21.6. The van der Waals surface area contributed by atoms with Crippen LogP contribution in [0.3, 0.4) is 0 Å². The largest absolute Gasteiger partial charge is 0.433 e. The summed E-state index contributed by atoms with van der Waals surface area (Å²) in [6, 6.07) is 11.0. The zero-order chi connectivity index (χ0) is 22.9. The number of halogens is 3. The minimum atomic E-state index is -4.65. The Morgan fingerprint density at radius 2 is 1.72 bits per heavy atom. The first-order valence-corrected chi connectivity index (χ1v) is 10.0. The molecule has 2 aromatic heterocycles. The fourth-order valence-corrected chi connectivity index (χ4v) is 3.50. The van der Waals surface area contributed by atoms with Crippen LogP contribution in [0.1, 0.15) is 29.0 Å². The number of hydrogen-bond donors (Lipinski definition) is 3. The number of amides is 1. The third-order valence-electron chi connectivity index (χ3n) is 5.28. The highest BCUT2D eigenvalue weighted by molar-refractivity contribution is 6.04. The number of nitrogens with two attached hydrogens (primary N) is 2. The predicted molar refractivity (Wildman–Crippen MR) is 115 cm³/mol. The van der Waals surface area contributed by atoms with Gasteiger partial charge in [0.25, 0.3) is 5.91 Å². The van der Waals surface area contributed by atoms with E-state index in [1.165, 1.54) is 16.9 Å². The number of nitrogen functional groups attached to an aromatic ring is 1. The minimum Gasteiger partial charge on any atom is -0.380 e. The quantitative estimate of drug-likeness (QED) is 0.569. The molecule has 1 aliphatic heterocycles. The lowest BCUT2D eigenvalue weighted by atomic mass is 10.1. The van der Waals surface area contributed by atoms with Gasteiger partial charge in [-0.05, 0) is 49.2 Å². The van der Waals surface area contributed by atoms with Crippen LogP contribution in [0.25, 0.3) is 5.69 Å². The van der Waals surface area contributed by atoms with E-state index < -0.39 is 17.8 Å². The van der Waals surface area contributed by atoms with Crippen molar-refractivity contribution in [2.75, 3.05) is 29.0 Å². The molecule has 0 bridgehead atoms. The van der Waals surface area contributed by atoms with Crippen LogP contribution in [0.5, 0.6) is 0 Å². The molecule has 4 rings (SSSR count). The molecule has 0 spiro atoms. The zero-order valence-corrected chi connectivity index (χ0v) is 17.0. The standard InChI is InChI=1S/C21H22F3N7O/c22-21(23,24)18-3-1-2-16(27-18)20(32)28-17-12-31(29-19(17)26)15-6-4-14(5-7-15)30-10-8-13(25)9-11-30/h1-7,12-13H,8-11,25H2,(H2,26,29)(H,28,32). The monoisotopic (exact) mass is 445 g/mol. The van der Waals surface area contributed by atoms with E-state index in [-0.39, 0.29) is 23.2 Å². The normalized spacial score (nSPS) is 15.1. The molecule has 3 heterocycles. The van der Waals surface area contributed by atoms with Gasteiger partial charge < -0.3 is 21.7 Å². The topological polar surface area (TPSA) is 115 Å². The van der Waals surface area contributed by atoms with E-state index in [4.69, 9.17) is 11.5 Å². The van der Waals surface area contributed by atoms with E-state index in [2.05, 4.69) is 20.3 Å². The molecule has 1 fully saturated rings. The number of pyridine rings is 1. The highest BCUT2D eigenvalue weighted by Crippen LogP contribution is 2.28. The number of carbonyl (C=O) groups excluding carboxylic acids is 1. The van der Waals surface area contributed by atoms with Gasteiger partial charge in [0.05, 0.1) is 11.9 Å². The van der Waals surface area contributed by atoms with Gasteiger partial charge in [-0.3, -0.25) is 4.79 Å². The van der Waals surface area contributed by atoms with Gasteiger partial charge in [-0.15, -0.1) is 5.10 Å². The fraction of sp³-hybridized carbons (Fsp3) is 0.286. The van der Waals surface area contributed by atoms with Crippen LogP contribution in [-0.4, -0.2) is 39.8 Å². The van der Waals surface area contributed by atoms with Gasteiger partial charge in [0.15, 0.2) is 5.82 Å². The Kier molecular flexibility index (Phi) is 5.74. The average Bonchev–Trinajstić information content (AvgIpc) is 3.14. The van der Waals surface area contributed by atoms with Gasteiger partial charge in [0, 0.05) is 24.8 Å². The van der Waals surface area contributed by atoms with Crippen LogP contribution in [0, 0.1) is 0 Å². The Labute approximate surface area is 182 Å². The summed E-state index contributed by atoms with van der Waals surface area (Å²) in [5.74, 6) is -0.791. The van der Waals surface area contributed by atoms with Crippen molar-refractivity contribution in [3.8, 4) is 5.69 Å². The summed E-state index contributed by atoms with van der Waals surface area (Å²) in [4.78, 5) is 18.0. The van der Waals surface area contributed by atoms with Gasteiger partial charge in [0.2, 0.25) is 0 Å². The molecule has 0 aliphatic carbocycles. The Bertz CT molecular complexity index is 1100. The van der Waals surface area contributed by atoms with Crippen molar-refractivity contribution in [2.24, 2.45) is 5.73 Å². The molecular formula is C21H22F3N7O. The lowest BCUT2D eigenvalue weighted by molar-refractivity contribution is -0.141. The number of benzene rings is 1. The van der Waals surface area contributed by atoms with Crippen molar-refractivity contribution in [1.29, 1.82) is 0 Å². The third kappa shape index (κ3) is 4.67. The molecule has 1 aliphatic rings. The van der Waals surface area contributed by atoms with Gasteiger partial charge in [-0.1, -0.05) is 6.07 Å². The maximum absolute atomic E-state index is 12.8. The lowest BCUT2D eigenvalue weighted by Gasteiger charge is -2.32. The summed E-state index contributed by atoms with van der Waals surface area (Å²) >= 11 is 0. The average molecular weight is 445 g/mol. The van der Waals surface area contributed by atoms with Crippen LogP contribution in [-0.2, 0) is 6.18 Å². The molecule has 168 valence electrons. The van der Waals surface area contributed by atoms with Crippen LogP contribution >= 0.6 is 0 Å². The number of nitrogens with one attached hydrogen (secondary N) is 1. The van der Waals surface area contributed by atoms with Gasteiger partial charge >= 0.3 is 6.18 Å². The molecule has 0 unspecified atom stereocenters. The van der Waals surface area contributed by atoms with E-state index in [1.807, 2.05) is 24.3 Å². The molecule has 5 N–H and O–H groups in total. The second kappa shape index (κ2) is 8.50. The Hall–Kier alpha value is -3.60. The Morgan fingerprint density at radius 1 is 1.06 bits per heavy atom. The number of piperidine rings is 1. The predicted octanol–water partition coefficient (Wildman–Crippen LogP) is 3.05. The van der Waals surface area contributed by atoms with Crippen LogP contribution < -0.4 is 21.7 Å². The number of carbonyl (C=O) groups is 1. The first-order chi connectivity index (χ1) is 15.2. The van der Waals surface area contributed by atoms with Gasteiger partial charge in [-0.25, -0.2) is 9.67 Å². The third-order valence-corrected chi connectivity index (χ3v) is 5.28. The minimum absolute atomic E-state index is 0.0272. The molecule has 0 saturated carbocycles. The van der Waals surface area contributed by atoms with Crippen LogP contribution in [0.15, 0.2) is 48.7 Å². The van der Waals surface area contributed by atoms with Crippen LogP contribution in [0.2, 0.25) is 0 Å². The number of nitrogens with zero attached hydrogens (tertiary/aromatic N) is 4. The second-order valence-corrected chi connectivity index (χ2v) is 7.57. The fourth-order valence-electron chi connectivity index (χ4n) is 3.50. The summed E-state index contributed by atoms with van der Waals surface area (Å²) in [5.41, 5.74) is 12.3. The van der Waals surface area contributed by atoms with E-state index in [0.717, 1.165) is 43.8 Å². The molecule has 3 aromatic rings. The van der Waals surface area contributed by atoms with Crippen LogP contribution in [0.4, 0.5) is 30.4 Å². The summed E-state index contributed by atoms with van der Waals surface area (Å²) < 4.78 is 40.0. The van der Waals surface area contributed by atoms with E-state index in [0.29, 0.717) is 5.69 Å². The Balaban J connectivity index is 1.48. The highest BCUT2D eigenvalue weighted by atomic mass is 19.4. The summed E-state index contributed by atoms with van der Waals surface area (Å²) in [6.07, 6.45) is -1.26. The second-order valence-electron chi connectivity index (χ2n) is 7.57. The molecule has 0 radical (unpaired) electrons. The number of anilines is 3. The van der Waals surface area contributed by atoms with Gasteiger partial charge in [-0.2, -0.15) is 13.2 Å². The van der Waals surface area contributed by atoms with Crippen molar-refractivity contribution in [1.82, 2.24) is 14.8 Å². The van der Waals surface area contributed by atoms with Crippen molar-refractivity contribution >= 4 is 23.1 Å². The van der Waals surface area contributed by atoms with Crippen molar-refractivity contribution in [2.45, 2.75) is 25.1 Å². The molecule has 0 atom stereocenters. The lowest BCUT2D eigenvalue weighted by Crippen LogP contribution is -2.39. The molecule has 1 saturated heterocycles. The van der Waals surface area contributed by atoms with E-state index >= 15 is 0 Å². The molecule has 11 heteroatoms. The number of hydrogen-bond acceptors (Lipinski definition) is 6. The summed E-state index contributed by atoms with van der Waals surface area (Å²) in [5, 5.41) is 6.65. The maximum Gasteiger partial charge on any atom is 0.433 e. The highest BCUT2D eigenvalue weighted by Gasteiger charge is 2.33. The molecular weight excluding hydrogens is 423 g/mol. The maximum atomic E-state index is 12.8. The number of alkyl halides is 3. The number of rotatable bonds is 4. The first-order valence-electron chi connectivity index (χ1n) is 10.0. The Morgan fingerprint density at radius 3 is 2.38 bits per heavy atom. The molecule has 32 heavy (non-hydrogen) atoms. The molecule has 1 aromatic carbocycles. The smallest absolute Gasteiger partial charge is 0.380 e. The van der Waals surface area contributed by atoms with Crippen molar-refractivity contribution in [3.63, 3.8) is 0 Å². The summed E-state index contributed by atoms with van der Waals surface area (Å²) in [7, 11) is 0. The number of aromatic nitrogens is 3. The molecule has 8 nitrogen and oxygen atoms in total. The van der Waals surface area contributed by atoms with E-state index in [9.17, 15) is 18.0 Å². The van der Waals surface area contributed by atoms with Crippen molar-refractivity contribution < 1.29 is 18.0 Å². The SMILES string of the molecule is Nc1nn(-c2ccc(N3CCC(N)CC3)cc2)cc1NC(=O)c1cccc(C(F)(F)F)n1. The summed E-state index contributed by atoms with van der Waals surface area (Å²) in [6.45, 7) is 1.80. The van der Waals surface area contributed by atoms with Gasteiger partial charge in [0.1, 0.15) is 17.1 Å².